The number of rotatable bonds is 6. The molecule has 0 spiro atoms. The first-order valence-corrected chi connectivity index (χ1v) is 8.49. The molecule has 1 aromatic heterocycles. The molecule has 0 amide bonds. The third-order valence-electron chi connectivity index (χ3n) is 3.77. The van der Waals surface area contributed by atoms with Gasteiger partial charge in [-0.3, -0.25) is 0 Å². The van der Waals surface area contributed by atoms with E-state index in [-0.39, 0.29) is 48.3 Å². The van der Waals surface area contributed by atoms with Crippen molar-refractivity contribution in [3.8, 4) is 11.6 Å². The average Bonchev–Trinajstić information content (AvgIpc) is 3.14. The standard InChI is InChI=1S/C18H19F3N4O3.HI/c19-18(20,21)28-14-3-1-13(2-4-14)25-17(22)24-10-12-5-7-23-16(9-12)27-15-6-8-26-11-15;/h1-5,7,9,15H,6,8,10-11H2,(H3,22,24,25);1H. The van der Waals surface area contributed by atoms with E-state index >= 15 is 0 Å². The monoisotopic (exact) mass is 524 g/mol. The van der Waals surface area contributed by atoms with Gasteiger partial charge in [0.15, 0.2) is 5.96 Å². The second kappa shape index (κ2) is 10.5. The van der Waals surface area contributed by atoms with Gasteiger partial charge in [-0.2, -0.15) is 0 Å². The number of nitrogens with two attached hydrogens (primary N) is 1. The lowest BCUT2D eigenvalue weighted by atomic mass is 10.2. The molecule has 0 radical (unpaired) electrons. The van der Waals surface area contributed by atoms with E-state index in [4.69, 9.17) is 15.2 Å². The summed E-state index contributed by atoms with van der Waals surface area (Å²) in [6.07, 6.45) is -2.28. The van der Waals surface area contributed by atoms with Crippen LogP contribution < -0.4 is 20.5 Å². The lowest BCUT2D eigenvalue weighted by Crippen LogP contribution is -2.22. The quantitative estimate of drug-likeness (QED) is 0.341. The zero-order chi connectivity index (χ0) is 20.0. The number of anilines is 1. The van der Waals surface area contributed by atoms with Crippen LogP contribution >= 0.6 is 24.0 Å². The molecular weight excluding hydrogens is 504 g/mol. The van der Waals surface area contributed by atoms with Gasteiger partial charge in [0.05, 0.1) is 19.8 Å². The normalized spacial score (nSPS) is 16.8. The number of ether oxygens (including phenoxy) is 3. The number of alkyl halides is 3. The predicted octanol–water partition coefficient (Wildman–Crippen LogP) is 3.69. The molecule has 7 nitrogen and oxygen atoms in total. The summed E-state index contributed by atoms with van der Waals surface area (Å²) in [5.41, 5.74) is 7.16. The second-order valence-corrected chi connectivity index (χ2v) is 6.00. The molecule has 2 heterocycles. The van der Waals surface area contributed by atoms with Crippen LogP contribution in [0.5, 0.6) is 11.6 Å². The summed E-state index contributed by atoms with van der Waals surface area (Å²) < 4.78 is 51.3. The van der Waals surface area contributed by atoms with Crippen molar-refractivity contribution in [2.75, 3.05) is 18.5 Å². The van der Waals surface area contributed by atoms with Crippen molar-refractivity contribution < 1.29 is 27.4 Å². The van der Waals surface area contributed by atoms with Crippen LogP contribution in [0.15, 0.2) is 47.6 Å². The van der Waals surface area contributed by atoms with Crippen LogP contribution in [0.4, 0.5) is 18.9 Å². The van der Waals surface area contributed by atoms with Crippen LogP contribution in [0.3, 0.4) is 0 Å². The molecule has 29 heavy (non-hydrogen) atoms. The fraction of sp³-hybridized carbons (Fsp3) is 0.333. The summed E-state index contributed by atoms with van der Waals surface area (Å²) in [7, 11) is 0. The van der Waals surface area contributed by atoms with Gasteiger partial charge in [-0.1, -0.05) is 0 Å². The Hall–Kier alpha value is -2.28. The number of guanidine groups is 1. The highest BCUT2D eigenvalue weighted by Gasteiger charge is 2.30. The van der Waals surface area contributed by atoms with E-state index in [1.165, 1.54) is 24.3 Å². The molecule has 3 rings (SSSR count). The molecule has 0 aliphatic carbocycles. The summed E-state index contributed by atoms with van der Waals surface area (Å²) in [5.74, 6) is 0.300. The van der Waals surface area contributed by atoms with Gasteiger partial charge in [0, 0.05) is 24.4 Å². The molecular formula is C18H20F3IN4O3. The van der Waals surface area contributed by atoms with Crippen LogP contribution in [-0.2, 0) is 11.3 Å². The highest BCUT2D eigenvalue weighted by atomic mass is 127. The molecule has 1 unspecified atom stereocenters. The van der Waals surface area contributed by atoms with Crippen LogP contribution in [0.25, 0.3) is 0 Å². The van der Waals surface area contributed by atoms with Crippen LogP contribution in [0, 0.1) is 0 Å². The molecule has 1 atom stereocenters. The Morgan fingerprint density at radius 1 is 1.28 bits per heavy atom. The molecule has 0 saturated carbocycles. The topological polar surface area (TPSA) is 91.0 Å². The fourth-order valence-corrected chi connectivity index (χ4v) is 2.49. The number of nitrogens with zero attached hydrogens (tertiary/aromatic N) is 2. The molecule has 1 fully saturated rings. The van der Waals surface area contributed by atoms with Gasteiger partial charge in [-0.25, -0.2) is 9.98 Å². The third kappa shape index (κ3) is 7.93. The van der Waals surface area contributed by atoms with Crippen molar-refractivity contribution in [2.45, 2.75) is 25.4 Å². The molecule has 0 bridgehead atoms. The highest BCUT2D eigenvalue weighted by molar-refractivity contribution is 14.0. The summed E-state index contributed by atoms with van der Waals surface area (Å²) in [6, 6.07) is 8.75. The Labute approximate surface area is 182 Å². The van der Waals surface area contributed by atoms with E-state index in [0.29, 0.717) is 24.8 Å². The zero-order valence-electron chi connectivity index (χ0n) is 15.2. The minimum atomic E-state index is -4.73. The van der Waals surface area contributed by atoms with E-state index in [1.54, 1.807) is 18.3 Å². The lowest BCUT2D eigenvalue weighted by molar-refractivity contribution is -0.274. The first-order chi connectivity index (χ1) is 13.4. The van der Waals surface area contributed by atoms with Crippen molar-refractivity contribution in [3.63, 3.8) is 0 Å². The molecule has 1 aliphatic heterocycles. The second-order valence-electron chi connectivity index (χ2n) is 6.00. The van der Waals surface area contributed by atoms with Crippen molar-refractivity contribution in [3.05, 3.63) is 48.2 Å². The molecule has 3 N–H and O–H groups in total. The number of aliphatic imine (C=N–C) groups is 1. The summed E-state index contributed by atoms with van der Waals surface area (Å²) in [5, 5.41) is 2.80. The van der Waals surface area contributed by atoms with Crippen LogP contribution in [0.1, 0.15) is 12.0 Å². The summed E-state index contributed by atoms with van der Waals surface area (Å²) in [4.78, 5) is 8.37. The Morgan fingerprint density at radius 3 is 2.69 bits per heavy atom. The van der Waals surface area contributed by atoms with E-state index in [2.05, 4.69) is 20.0 Å². The van der Waals surface area contributed by atoms with Gasteiger partial charge >= 0.3 is 6.36 Å². The Kier molecular flexibility index (Phi) is 8.32. The number of halogens is 4. The Balaban J connectivity index is 0.00000300. The van der Waals surface area contributed by atoms with E-state index < -0.39 is 6.36 Å². The molecule has 11 heteroatoms. The predicted molar refractivity (Wildman–Crippen MR) is 112 cm³/mol. The third-order valence-corrected chi connectivity index (χ3v) is 3.77. The van der Waals surface area contributed by atoms with Gasteiger partial charge < -0.3 is 25.3 Å². The minimum Gasteiger partial charge on any atom is -0.472 e. The summed E-state index contributed by atoms with van der Waals surface area (Å²) >= 11 is 0. The maximum atomic E-state index is 12.2. The van der Waals surface area contributed by atoms with Gasteiger partial charge in [0.1, 0.15) is 11.9 Å². The van der Waals surface area contributed by atoms with E-state index in [9.17, 15) is 13.2 Å². The number of nitrogens with one attached hydrogen (secondary N) is 1. The minimum absolute atomic E-state index is 0. The molecule has 1 saturated heterocycles. The number of hydrogen-bond donors (Lipinski definition) is 2. The molecule has 1 aliphatic rings. The first kappa shape index (κ1) is 23.0. The van der Waals surface area contributed by atoms with Gasteiger partial charge in [0.2, 0.25) is 5.88 Å². The van der Waals surface area contributed by atoms with Gasteiger partial charge in [0.25, 0.3) is 0 Å². The maximum absolute atomic E-state index is 12.2. The van der Waals surface area contributed by atoms with E-state index in [1.807, 2.05) is 0 Å². The highest BCUT2D eigenvalue weighted by Crippen LogP contribution is 2.24. The number of pyridine rings is 1. The fourth-order valence-electron chi connectivity index (χ4n) is 2.49. The zero-order valence-corrected chi connectivity index (χ0v) is 17.5. The average molecular weight is 524 g/mol. The largest absolute Gasteiger partial charge is 0.573 e. The van der Waals surface area contributed by atoms with Gasteiger partial charge in [-0.05, 0) is 35.9 Å². The SMILES string of the molecule is I.NC(=NCc1ccnc(OC2CCOC2)c1)Nc1ccc(OC(F)(F)F)cc1. The first-order valence-electron chi connectivity index (χ1n) is 8.49. The summed E-state index contributed by atoms with van der Waals surface area (Å²) in [6.45, 7) is 1.52. The molecule has 1 aromatic carbocycles. The van der Waals surface area contributed by atoms with Crippen molar-refractivity contribution >= 4 is 35.6 Å². The molecule has 158 valence electrons. The smallest absolute Gasteiger partial charge is 0.472 e. The number of hydrogen-bond acceptors (Lipinski definition) is 5. The lowest BCUT2D eigenvalue weighted by Gasteiger charge is -2.11. The maximum Gasteiger partial charge on any atom is 0.573 e. The van der Waals surface area contributed by atoms with Crippen molar-refractivity contribution in [2.24, 2.45) is 10.7 Å². The van der Waals surface area contributed by atoms with Crippen LogP contribution in [-0.4, -0.2) is 36.6 Å². The van der Waals surface area contributed by atoms with Crippen molar-refractivity contribution in [1.82, 2.24) is 4.98 Å². The molecule has 2 aromatic rings. The number of aromatic nitrogens is 1. The van der Waals surface area contributed by atoms with Crippen molar-refractivity contribution in [1.29, 1.82) is 0 Å². The van der Waals surface area contributed by atoms with E-state index in [0.717, 1.165) is 12.0 Å². The Bertz CT molecular complexity index is 813. The van der Waals surface area contributed by atoms with Crippen LogP contribution in [0.2, 0.25) is 0 Å². The van der Waals surface area contributed by atoms with Gasteiger partial charge in [-0.15, -0.1) is 37.1 Å². The Morgan fingerprint density at radius 2 is 2.03 bits per heavy atom. The number of benzene rings is 1.